The predicted octanol–water partition coefficient (Wildman–Crippen LogP) is 4.31. The van der Waals surface area contributed by atoms with Gasteiger partial charge in [-0.15, -0.1) is 0 Å². The van der Waals surface area contributed by atoms with Gasteiger partial charge in [-0.05, 0) is 37.0 Å². The highest BCUT2D eigenvalue weighted by atomic mass is 14.0. The molecule has 0 amide bonds. The Morgan fingerprint density at radius 2 is 1.93 bits per heavy atom. The molecular formula is C14H21. The Morgan fingerprint density at radius 3 is 2.64 bits per heavy atom. The van der Waals surface area contributed by atoms with Crippen molar-refractivity contribution in [3.8, 4) is 0 Å². The van der Waals surface area contributed by atoms with Gasteiger partial charge in [-0.1, -0.05) is 50.8 Å². The molecule has 0 nitrogen and oxygen atoms in total. The van der Waals surface area contributed by atoms with Gasteiger partial charge in [-0.3, -0.25) is 0 Å². The minimum atomic E-state index is 1.23. The summed E-state index contributed by atoms with van der Waals surface area (Å²) in [6, 6.07) is 9.57. The molecule has 0 heteroatoms. The standard InChI is InChI=1S/C14H21/c1-3-4-5-6-7-11-14-12-9-8-10-13(14)2/h8-9,12H,3-7,11H2,1-2H3. The molecule has 77 valence electrons. The second-order valence-electron chi connectivity index (χ2n) is 3.98. The fourth-order valence-electron chi connectivity index (χ4n) is 1.74. The fourth-order valence-corrected chi connectivity index (χ4v) is 1.74. The van der Waals surface area contributed by atoms with Crippen LogP contribution in [-0.2, 0) is 6.42 Å². The number of hydrogen-bond donors (Lipinski definition) is 0. The quantitative estimate of drug-likeness (QED) is 0.585. The molecule has 1 aromatic carbocycles. The highest BCUT2D eigenvalue weighted by Gasteiger charge is 1.96. The molecule has 0 unspecified atom stereocenters. The molecule has 0 aliphatic carbocycles. The summed E-state index contributed by atoms with van der Waals surface area (Å²) in [6.45, 7) is 4.41. The molecule has 1 radical (unpaired) electrons. The molecule has 0 heterocycles. The maximum atomic E-state index is 3.25. The van der Waals surface area contributed by atoms with Crippen molar-refractivity contribution >= 4 is 0 Å². The van der Waals surface area contributed by atoms with E-state index in [0.717, 1.165) is 0 Å². The minimum Gasteiger partial charge on any atom is -0.0654 e. The maximum Gasteiger partial charge on any atom is -0.0149 e. The van der Waals surface area contributed by atoms with Gasteiger partial charge in [0.05, 0.1) is 0 Å². The highest BCUT2D eigenvalue weighted by Crippen LogP contribution is 2.11. The van der Waals surface area contributed by atoms with Gasteiger partial charge >= 0.3 is 0 Å². The first kappa shape index (κ1) is 11.3. The molecule has 0 aromatic heterocycles. The van der Waals surface area contributed by atoms with Gasteiger partial charge in [0.15, 0.2) is 0 Å². The van der Waals surface area contributed by atoms with Crippen molar-refractivity contribution in [1.82, 2.24) is 0 Å². The van der Waals surface area contributed by atoms with E-state index in [2.05, 4.69) is 32.0 Å². The smallest absolute Gasteiger partial charge is 0.0149 e. The van der Waals surface area contributed by atoms with Crippen LogP contribution in [-0.4, -0.2) is 0 Å². The first-order chi connectivity index (χ1) is 6.84. The van der Waals surface area contributed by atoms with E-state index < -0.39 is 0 Å². The van der Waals surface area contributed by atoms with E-state index in [-0.39, 0.29) is 0 Å². The van der Waals surface area contributed by atoms with Crippen LogP contribution < -0.4 is 0 Å². The Morgan fingerprint density at radius 1 is 1.14 bits per heavy atom. The first-order valence-corrected chi connectivity index (χ1v) is 5.80. The van der Waals surface area contributed by atoms with Gasteiger partial charge in [0.2, 0.25) is 0 Å². The lowest BCUT2D eigenvalue weighted by molar-refractivity contribution is 0.631. The summed E-state index contributed by atoms with van der Waals surface area (Å²) in [5.74, 6) is 0. The largest absolute Gasteiger partial charge is 0.0654 e. The molecule has 0 saturated heterocycles. The Balaban J connectivity index is 2.21. The summed E-state index contributed by atoms with van der Waals surface area (Å²) < 4.78 is 0. The van der Waals surface area contributed by atoms with E-state index in [0.29, 0.717) is 0 Å². The zero-order chi connectivity index (χ0) is 10.2. The monoisotopic (exact) mass is 189 g/mol. The van der Waals surface area contributed by atoms with Crippen LogP contribution >= 0.6 is 0 Å². The highest BCUT2D eigenvalue weighted by molar-refractivity contribution is 5.24. The second kappa shape index (κ2) is 6.64. The maximum absolute atomic E-state index is 3.25. The third-order valence-corrected chi connectivity index (χ3v) is 2.72. The topological polar surface area (TPSA) is 0 Å². The fraction of sp³-hybridized carbons (Fsp3) is 0.571. The predicted molar refractivity (Wildman–Crippen MR) is 62.5 cm³/mol. The average molecular weight is 189 g/mol. The molecule has 0 bridgehead atoms. The van der Waals surface area contributed by atoms with Gasteiger partial charge in [-0.2, -0.15) is 0 Å². The first-order valence-electron chi connectivity index (χ1n) is 5.80. The number of rotatable bonds is 6. The van der Waals surface area contributed by atoms with E-state index in [4.69, 9.17) is 0 Å². The summed E-state index contributed by atoms with van der Waals surface area (Å²) in [6.07, 6.45) is 8.05. The van der Waals surface area contributed by atoms with Gasteiger partial charge < -0.3 is 0 Å². The van der Waals surface area contributed by atoms with Crippen molar-refractivity contribution in [3.63, 3.8) is 0 Å². The van der Waals surface area contributed by atoms with Crippen molar-refractivity contribution < 1.29 is 0 Å². The number of unbranched alkanes of at least 4 members (excludes halogenated alkanes) is 4. The van der Waals surface area contributed by atoms with Crippen molar-refractivity contribution in [2.24, 2.45) is 0 Å². The summed E-state index contributed by atoms with van der Waals surface area (Å²) >= 11 is 0. The van der Waals surface area contributed by atoms with Crippen LogP contribution in [0.2, 0.25) is 0 Å². The van der Waals surface area contributed by atoms with E-state index in [1.165, 1.54) is 49.7 Å². The van der Waals surface area contributed by atoms with Crippen molar-refractivity contribution in [3.05, 3.63) is 35.4 Å². The summed E-state index contributed by atoms with van der Waals surface area (Å²) in [7, 11) is 0. The Kier molecular flexibility index (Phi) is 5.36. The van der Waals surface area contributed by atoms with Gasteiger partial charge in [0.25, 0.3) is 0 Å². The second-order valence-corrected chi connectivity index (χ2v) is 3.98. The molecule has 0 aliphatic rings. The third-order valence-electron chi connectivity index (χ3n) is 2.72. The molecule has 14 heavy (non-hydrogen) atoms. The van der Waals surface area contributed by atoms with Crippen LogP contribution in [0.4, 0.5) is 0 Å². The van der Waals surface area contributed by atoms with Crippen LogP contribution in [0.25, 0.3) is 0 Å². The van der Waals surface area contributed by atoms with Gasteiger partial charge in [-0.25, -0.2) is 0 Å². The Hall–Kier alpha value is -0.780. The molecule has 0 atom stereocenters. The molecule has 0 saturated carbocycles. The van der Waals surface area contributed by atoms with E-state index >= 15 is 0 Å². The number of benzene rings is 1. The normalized spacial score (nSPS) is 10.4. The molecule has 1 aromatic rings. The Bertz CT molecular complexity index is 250. The SMILES string of the molecule is CCCCCCCc1ccc[c]c1C. The number of hydrogen-bond acceptors (Lipinski definition) is 0. The van der Waals surface area contributed by atoms with Gasteiger partial charge in [0.1, 0.15) is 0 Å². The minimum absolute atomic E-state index is 1.23. The molecule has 0 fully saturated rings. The van der Waals surface area contributed by atoms with Crippen LogP contribution in [0, 0.1) is 13.0 Å². The zero-order valence-electron chi connectivity index (χ0n) is 9.47. The van der Waals surface area contributed by atoms with Crippen LogP contribution in [0.3, 0.4) is 0 Å². The lowest BCUT2D eigenvalue weighted by atomic mass is 10.0. The lowest BCUT2D eigenvalue weighted by Crippen LogP contribution is -1.89. The molecule has 0 N–H and O–H groups in total. The van der Waals surface area contributed by atoms with E-state index in [1.807, 2.05) is 6.07 Å². The van der Waals surface area contributed by atoms with Crippen LogP contribution in [0.5, 0.6) is 0 Å². The van der Waals surface area contributed by atoms with E-state index in [9.17, 15) is 0 Å². The zero-order valence-corrected chi connectivity index (χ0v) is 9.47. The van der Waals surface area contributed by atoms with Crippen LogP contribution in [0.1, 0.15) is 50.2 Å². The summed E-state index contributed by atoms with van der Waals surface area (Å²) in [5.41, 5.74) is 2.80. The van der Waals surface area contributed by atoms with Crippen molar-refractivity contribution in [1.29, 1.82) is 0 Å². The third kappa shape index (κ3) is 3.95. The average Bonchev–Trinajstić information content (AvgIpc) is 2.20. The van der Waals surface area contributed by atoms with Gasteiger partial charge in [0, 0.05) is 0 Å². The molecular weight excluding hydrogens is 168 g/mol. The van der Waals surface area contributed by atoms with Crippen molar-refractivity contribution in [2.75, 3.05) is 0 Å². The summed E-state index contributed by atoms with van der Waals surface area (Å²) in [4.78, 5) is 0. The van der Waals surface area contributed by atoms with Crippen molar-refractivity contribution in [2.45, 2.75) is 52.4 Å². The molecule has 0 spiro atoms. The summed E-state index contributed by atoms with van der Waals surface area (Å²) in [5, 5.41) is 0. The Labute approximate surface area is 88.4 Å². The number of aryl methyl sites for hydroxylation is 2. The lowest BCUT2D eigenvalue weighted by Gasteiger charge is -2.04. The molecule has 1 rings (SSSR count). The van der Waals surface area contributed by atoms with Crippen LogP contribution in [0.15, 0.2) is 18.2 Å². The van der Waals surface area contributed by atoms with E-state index in [1.54, 1.807) is 0 Å². The molecule has 0 aliphatic heterocycles.